The molecule has 0 aliphatic heterocycles. The Morgan fingerprint density at radius 1 is 1.14 bits per heavy atom. The summed E-state index contributed by atoms with van der Waals surface area (Å²) in [5.74, 6) is 0.191. The SMILES string of the molecule is Cc1cc(F)ccc1Nc1nc2ccccc2cc1C#N. The number of anilines is 2. The van der Waals surface area contributed by atoms with Gasteiger partial charge in [-0.15, -0.1) is 0 Å². The first-order chi connectivity index (χ1) is 10.2. The van der Waals surface area contributed by atoms with Gasteiger partial charge in [0, 0.05) is 11.1 Å². The van der Waals surface area contributed by atoms with Crippen LogP contribution in [0.3, 0.4) is 0 Å². The van der Waals surface area contributed by atoms with E-state index in [1.807, 2.05) is 24.3 Å². The number of nitriles is 1. The molecule has 1 heterocycles. The van der Waals surface area contributed by atoms with Gasteiger partial charge < -0.3 is 5.32 Å². The average molecular weight is 277 g/mol. The molecule has 0 atom stereocenters. The van der Waals surface area contributed by atoms with Gasteiger partial charge in [0.05, 0.1) is 11.1 Å². The predicted molar refractivity (Wildman–Crippen MR) is 80.9 cm³/mol. The lowest BCUT2D eigenvalue weighted by Crippen LogP contribution is -1.99. The van der Waals surface area contributed by atoms with Crippen molar-refractivity contribution in [2.24, 2.45) is 0 Å². The van der Waals surface area contributed by atoms with Gasteiger partial charge in [-0.3, -0.25) is 0 Å². The summed E-state index contributed by atoms with van der Waals surface area (Å²) in [6.45, 7) is 1.80. The molecule has 0 unspecified atom stereocenters. The Labute approximate surface area is 121 Å². The maximum absolute atomic E-state index is 13.1. The Morgan fingerprint density at radius 3 is 2.71 bits per heavy atom. The first-order valence-electron chi connectivity index (χ1n) is 6.50. The fraction of sp³-hybridized carbons (Fsp3) is 0.0588. The van der Waals surface area contributed by atoms with Crippen LogP contribution in [0.2, 0.25) is 0 Å². The molecule has 1 aromatic heterocycles. The zero-order chi connectivity index (χ0) is 14.8. The molecule has 3 nitrogen and oxygen atoms in total. The normalized spacial score (nSPS) is 10.3. The van der Waals surface area contributed by atoms with E-state index in [1.165, 1.54) is 12.1 Å². The van der Waals surface area contributed by atoms with Gasteiger partial charge in [-0.1, -0.05) is 18.2 Å². The van der Waals surface area contributed by atoms with E-state index in [-0.39, 0.29) is 5.82 Å². The number of halogens is 1. The lowest BCUT2D eigenvalue weighted by Gasteiger charge is -2.11. The minimum absolute atomic E-state index is 0.287. The molecule has 3 aromatic rings. The van der Waals surface area contributed by atoms with Gasteiger partial charge in [-0.2, -0.15) is 5.26 Å². The Kier molecular flexibility index (Phi) is 3.25. The zero-order valence-electron chi connectivity index (χ0n) is 11.4. The number of aryl methyl sites for hydroxylation is 1. The molecule has 1 N–H and O–H groups in total. The second-order valence-electron chi connectivity index (χ2n) is 4.77. The molecule has 0 aliphatic rings. The van der Waals surface area contributed by atoms with Gasteiger partial charge in [0.1, 0.15) is 17.7 Å². The summed E-state index contributed by atoms with van der Waals surface area (Å²) >= 11 is 0. The number of hydrogen-bond donors (Lipinski definition) is 1. The third kappa shape index (κ3) is 2.54. The molecule has 0 saturated heterocycles. The summed E-state index contributed by atoms with van der Waals surface area (Å²) in [5.41, 5.74) is 2.75. The maximum Gasteiger partial charge on any atom is 0.149 e. The molecular weight excluding hydrogens is 265 g/mol. The highest BCUT2D eigenvalue weighted by atomic mass is 19.1. The van der Waals surface area contributed by atoms with Crippen LogP contribution in [0.15, 0.2) is 48.5 Å². The number of nitrogens with one attached hydrogen (secondary N) is 1. The van der Waals surface area contributed by atoms with Crippen molar-refractivity contribution in [3.8, 4) is 6.07 Å². The van der Waals surface area contributed by atoms with E-state index in [2.05, 4.69) is 16.4 Å². The highest BCUT2D eigenvalue weighted by Gasteiger charge is 2.08. The van der Waals surface area contributed by atoms with Crippen molar-refractivity contribution in [2.45, 2.75) is 6.92 Å². The van der Waals surface area contributed by atoms with Gasteiger partial charge in [0.15, 0.2) is 0 Å². The third-order valence-corrected chi connectivity index (χ3v) is 3.29. The van der Waals surface area contributed by atoms with Crippen molar-refractivity contribution in [3.63, 3.8) is 0 Å². The monoisotopic (exact) mass is 277 g/mol. The minimum Gasteiger partial charge on any atom is -0.339 e. The first-order valence-corrected chi connectivity index (χ1v) is 6.50. The highest BCUT2D eigenvalue weighted by Crippen LogP contribution is 2.25. The molecule has 0 aliphatic carbocycles. The Morgan fingerprint density at radius 2 is 1.95 bits per heavy atom. The van der Waals surface area contributed by atoms with E-state index in [0.717, 1.165) is 22.2 Å². The van der Waals surface area contributed by atoms with Crippen LogP contribution in [-0.2, 0) is 0 Å². The van der Waals surface area contributed by atoms with Gasteiger partial charge in [-0.05, 0) is 42.8 Å². The third-order valence-electron chi connectivity index (χ3n) is 3.29. The van der Waals surface area contributed by atoms with E-state index in [0.29, 0.717) is 11.4 Å². The van der Waals surface area contributed by atoms with Crippen molar-refractivity contribution >= 4 is 22.4 Å². The molecule has 0 spiro atoms. The molecule has 0 amide bonds. The van der Waals surface area contributed by atoms with Gasteiger partial charge in [0.2, 0.25) is 0 Å². The summed E-state index contributed by atoms with van der Waals surface area (Å²) in [6.07, 6.45) is 0. The van der Waals surface area contributed by atoms with Crippen LogP contribution in [0.5, 0.6) is 0 Å². The Bertz CT molecular complexity index is 866. The number of pyridine rings is 1. The summed E-state index contributed by atoms with van der Waals surface area (Å²) in [4.78, 5) is 4.48. The van der Waals surface area contributed by atoms with E-state index in [1.54, 1.807) is 19.1 Å². The summed E-state index contributed by atoms with van der Waals surface area (Å²) in [6, 6.07) is 16.0. The summed E-state index contributed by atoms with van der Waals surface area (Å²) in [5, 5.41) is 13.3. The molecule has 0 saturated carbocycles. The molecule has 3 rings (SSSR count). The quantitative estimate of drug-likeness (QED) is 0.759. The molecule has 0 fully saturated rings. The van der Waals surface area contributed by atoms with Crippen LogP contribution in [0, 0.1) is 24.1 Å². The average Bonchev–Trinajstić information content (AvgIpc) is 2.49. The van der Waals surface area contributed by atoms with Gasteiger partial charge in [0.25, 0.3) is 0 Å². The molecule has 4 heteroatoms. The number of fused-ring (bicyclic) bond motifs is 1. The van der Waals surface area contributed by atoms with Crippen LogP contribution in [0.25, 0.3) is 10.9 Å². The van der Waals surface area contributed by atoms with Gasteiger partial charge in [-0.25, -0.2) is 9.37 Å². The van der Waals surface area contributed by atoms with Crippen LogP contribution < -0.4 is 5.32 Å². The molecule has 21 heavy (non-hydrogen) atoms. The largest absolute Gasteiger partial charge is 0.339 e. The molecule has 0 radical (unpaired) electrons. The van der Waals surface area contributed by atoms with Crippen molar-refractivity contribution in [1.82, 2.24) is 4.98 Å². The molecule has 102 valence electrons. The van der Waals surface area contributed by atoms with Crippen LogP contribution in [-0.4, -0.2) is 4.98 Å². The number of hydrogen-bond acceptors (Lipinski definition) is 3. The van der Waals surface area contributed by atoms with Crippen LogP contribution in [0.4, 0.5) is 15.9 Å². The maximum atomic E-state index is 13.1. The minimum atomic E-state index is -0.287. The van der Waals surface area contributed by atoms with E-state index in [9.17, 15) is 9.65 Å². The van der Waals surface area contributed by atoms with E-state index < -0.39 is 0 Å². The van der Waals surface area contributed by atoms with Crippen LogP contribution >= 0.6 is 0 Å². The smallest absolute Gasteiger partial charge is 0.149 e. The fourth-order valence-corrected chi connectivity index (χ4v) is 2.19. The van der Waals surface area contributed by atoms with Gasteiger partial charge >= 0.3 is 0 Å². The molecule has 0 bridgehead atoms. The predicted octanol–water partition coefficient (Wildman–Crippen LogP) is 4.30. The topological polar surface area (TPSA) is 48.7 Å². The number of nitrogens with zero attached hydrogens (tertiary/aromatic N) is 2. The fourth-order valence-electron chi connectivity index (χ4n) is 2.19. The number of rotatable bonds is 2. The summed E-state index contributed by atoms with van der Waals surface area (Å²) < 4.78 is 13.1. The molecule has 2 aromatic carbocycles. The first kappa shape index (κ1) is 13.1. The van der Waals surface area contributed by atoms with Crippen molar-refractivity contribution in [2.75, 3.05) is 5.32 Å². The van der Waals surface area contributed by atoms with E-state index in [4.69, 9.17) is 0 Å². The van der Waals surface area contributed by atoms with Crippen LogP contribution in [0.1, 0.15) is 11.1 Å². The standard InChI is InChI=1S/C17H12FN3/c1-11-8-14(18)6-7-15(11)20-17-13(10-19)9-12-4-2-3-5-16(12)21-17/h2-9H,1H3,(H,20,21). The van der Waals surface area contributed by atoms with Crippen molar-refractivity contribution in [3.05, 3.63) is 65.5 Å². The second-order valence-corrected chi connectivity index (χ2v) is 4.77. The Balaban J connectivity index is 2.09. The molecular formula is C17H12FN3. The Hall–Kier alpha value is -2.93. The summed E-state index contributed by atoms with van der Waals surface area (Å²) in [7, 11) is 0. The number of benzene rings is 2. The van der Waals surface area contributed by atoms with Crippen molar-refractivity contribution < 1.29 is 4.39 Å². The highest BCUT2D eigenvalue weighted by molar-refractivity contribution is 5.83. The number of para-hydroxylation sites is 1. The second kappa shape index (κ2) is 5.22. The number of aromatic nitrogens is 1. The van der Waals surface area contributed by atoms with Crippen molar-refractivity contribution in [1.29, 1.82) is 5.26 Å². The zero-order valence-corrected chi connectivity index (χ0v) is 11.4. The van der Waals surface area contributed by atoms with E-state index >= 15 is 0 Å². The lowest BCUT2D eigenvalue weighted by atomic mass is 10.1. The lowest BCUT2D eigenvalue weighted by molar-refractivity contribution is 0.627.